The van der Waals surface area contributed by atoms with Crippen molar-refractivity contribution in [3.8, 4) is 0 Å². The fraction of sp³-hybridized carbons (Fsp3) is 0.529. The van der Waals surface area contributed by atoms with E-state index in [4.69, 9.17) is 0 Å². The lowest BCUT2D eigenvalue weighted by Gasteiger charge is -2.35. The quantitative estimate of drug-likeness (QED) is 0.816. The van der Waals surface area contributed by atoms with Crippen LogP contribution in [0.4, 0.5) is 5.69 Å². The molecule has 3 rings (SSSR count). The average molecular weight is 350 g/mol. The maximum absolute atomic E-state index is 12.6. The zero-order valence-corrected chi connectivity index (χ0v) is 14.8. The Kier molecular flexibility index (Phi) is 4.38. The number of amides is 2. The summed E-state index contributed by atoms with van der Waals surface area (Å²) in [5.74, 6) is 0.327. The first-order valence-electron chi connectivity index (χ1n) is 8.23. The molecule has 2 aliphatic heterocycles. The van der Waals surface area contributed by atoms with Gasteiger partial charge in [-0.25, -0.2) is 12.7 Å². The van der Waals surface area contributed by atoms with Crippen LogP contribution in [0.15, 0.2) is 24.3 Å². The topological polar surface area (TPSA) is 74.8 Å². The molecule has 2 aliphatic rings. The van der Waals surface area contributed by atoms with E-state index in [9.17, 15) is 18.0 Å². The smallest absolute Gasteiger partial charge is 0.253 e. The highest BCUT2D eigenvalue weighted by molar-refractivity contribution is 7.94. The Morgan fingerprint density at radius 1 is 1.08 bits per heavy atom. The number of benzene rings is 1. The molecule has 2 atom stereocenters. The number of rotatable bonds is 2. The molecular weight excluding hydrogens is 328 g/mol. The summed E-state index contributed by atoms with van der Waals surface area (Å²) in [4.78, 5) is 26.3. The molecule has 2 amide bonds. The van der Waals surface area contributed by atoms with Gasteiger partial charge < -0.3 is 4.90 Å². The molecule has 2 unspecified atom stereocenters. The van der Waals surface area contributed by atoms with Crippen LogP contribution in [0.1, 0.15) is 37.0 Å². The van der Waals surface area contributed by atoms with Crippen molar-refractivity contribution in [1.29, 1.82) is 0 Å². The van der Waals surface area contributed by atoms with E-state index in [1.54, 1.807) is 12.1 Å². The summed E-state index contributed by atoms with van der Waals surface area (Å²) in [6.45, 7) is 5.76. The molecule has 2 heterocycles. The van der Waals surface area contributed by atoms with Crippen LogP contribution >= 0.6 is 0 Å². The summed E-state index contributed by atoms with van der Waals surface area (Å²) in [6.07, 6.45) is 1.13. The van der Waals surface area contributed by atoms with E-state index < -0.39 is 15.9 Å². The molecule has 0 aliphatic carbocycles. The van der Waals surface area contributed by atoms with Gasteiger partial charge in [-0.3, -0.25) is 9.59 Å². The van der Waals surface area contributed by atoms with Crippen molar-refractivity contribution in [3.63, 3.8) is 0 Å². The van der Waals surface area contributed by atoms with Gasteiger partial charge in [-0.1, -0.05) is 13.8 Å². The van der Waals surface area contributed by atoms with Gasteiger partial charge in [-0.05, 0) is 42.5 Å². The molecule has 1 aromatic carbocycles. The minimum atomic E-state index is -3.57. The molecule has 0 saturated carbocycles. The molecule has 2 saturated heterocycles. The molecule has 7 heteroatoms. The van der Waals surface area contributed by atoms with Crippen molar-refractivity contribution < 1.29 is 18.0 Å². The van der Waals surface area contributed by atoms with Crippen LogP contribution in [0.25, 0.3) is 0 Å². The first-order valence-corrected chi connectivity index (χ1v) is 9.84. The number of hydrogen-bond acceptors (Lipinski definition) is 4. The first kappa shape index (κ1) is 17.0. The fourth-order valence-electron chi connectivity index (χ4n) is 3.62. The predicted octanol–water partition coefficient (Wildman–Crippen LogP) is 1.87. The Hall–Kier alpha value is -1.89. The van der Waals surface area contributed by atoms with Gasteiger partial charge >= 0.3 is 0 Å². The highest BCUT2D eigenvalue weighted by atomic mass is 32.2. The number of nitrogens with zero attached hydrogens (tertiary/aromatic N) is 2. The van der Waals surface area contributed by atoms with Crippen molar-refractivity contribution in [2.75, 3.05) is 23.1 Å². The summed E-state index contributed by atoms with van der Waals surface area (Å²) in [6, 6.07) is 6.26. The number of carbonyl (C=O) groups excluding carboxylic acids is 2. The van der Waals surface area contributed by atoms with E-state index in [1.807, 2.05) is 4.90 Å². The lowest BCUT2D eigenvalue weighted by molar-refractivity contribution is -0.116. The van der Waals surface area contributed by atoms with Gasteiger partial charge in [0, 0.05) is 25.1 Å². The Morgan fingerprint density at radius 3 is 2.17 bits per heavy atom. The minimum absolute atomic E-state index is 0.00652. The molecule has 2 fully saturated rings. The lowest BCUT2D eigenvalue weighted by atomic mass is 9.91. The molecule has 0 spiro atoms. The van der Waals surface area contributed by atoms with Gasteiger partial charge in [-0.15, -0.1) is 0 Å². The molecule has 0 radical (unpaired) electrons. The second kappa shape index (κ2) is 6.20. The Bertz CT molecular complexity index is 747. The van der Waals surface area contributed by atoms with E-state index in [-0.39, 0.29) is 18.1 Å². The zero-order chi connectivity index (χ0) is 17.5. The lowest BCUT2D eigenvalue weighted by Crippen LogP contribution is -2.42. The number of anilines is 1. The number of hydrogen-bond donors (Lipinski definition) is 0. The van der Waals surface area contributed by atoms with E-state index in [1.165, 1.54) is 12.1 Å². The van der Waals surface area contributed by atoms with Crippen LogP contribution < -0.4 is 4.31 Å². The van der Waals surface area contributed by atoms with E-state index in [2.05, 4.69) is 13.8 Å². The number of sulfonamides is 1. The molecular formula is C17H22N2O4S. The minimum Gasteiger partial charge on any atom is -0.338 e. The Balaban J connectivity index is 1.79. The second-order valence-electron chi connectivity index (χ2n) is 6.93. The van der Waals surface area contributed by atoms with Crippen molar-refractivity contribution in [1.82, 2.24) is 4.90 Å². The summed E-state index contributed by atoms with van der Waals surface area (Å²) in [5.41, 5.74) is 0.818. The van der Waals surface area contributed by atoms with Crippen LogP contribution in [-0.2, 0) is 14.8 Å². The summed E-state index contributed by atoms with van der Waals surface area (Å²) < 4.78 is 24.7. The maximum atomic E-state index is 12.6. The molecule has 6 nitrogen and oxygen atoms in total. The van der Waals surface area contributed by atoms with Gasteiger partial charge in [0.25, 0.3) is 5.91 Å². The van der Waals surface area contributed by atoms with E-state index in [0.29, 0.717) is 23.1 Å². The van der Waals surface area contributed by atoms with Gasteiger partial charge in [0.1, 0.15) is 0 Å². The Labute approximate surface area is 142 Å². The molecule has 0 N–H and O–H groups in total. The highest BCUT2D eigenvalue weighted by Crippen LogP contribution is 2.27. The number of carbonyl (C=O) groups is 2. The van der Waals surface area contributed by atoms with Crippen LogP contribution in [0.2, 0.25) is 0 Å². The molecule has 0 bridgehead atoms. The third kappa shape index (κ3) is 3.17. The third-order valence-corrected chi connectivity index (χ3v) is 6.27. The molecule has 0 aromatic heterocycles. The van der Waals surface area contributed by atoms with Crippen molar-refractivity contribution in [3.05, 3.63) is 29.8 Å². The van der Waals surface area contributed by atoms with E-state index in [0.717, 1.165) is 23.8 Å². The van der Waals surface area contributed by atoms with Gasteiger partial charge in [0.2, 0.25) is 15.9 Å². The molecule has 1 aromatic rings. The van der Waals surface area contributed by atoms with Crippen LogP contribution in [0.3, 0.4) is 0 Å². The maximum Gasteiger partial charge on any atom is 0.253 e. The summed E-state index contributed by atoms with van der Waals surface area (Å²) in [7, 11) is -3.57. The van der Waals surface area contributed by atoms with Gasteiger partial charge in [-0.2, -0.15) is 0 Å². The van der Waals surface area contributed by atoms with Gasteiger partial charge in [0.05, 0.1) is 11.4 Å². The van der Waals surface area contributed by atoms with Gasteiger partial charge in [0.15, 0.2) is 0 Å². The van der Waals surface area contributed by atoms with Crippen LogP contribution in [0, 0.1) is 11.8 Å². The predicted molar refractivity (Wildman–Crippen MR) is 91.2 cm³/mol. The van der Waals surface area contributed by atoms with Crippen molar-refractivity contribution >= 4 is 27.5 Å². The summed E-state index contributed by atoms with van der Waals surface area (Å²) in [5, 5.41) is 0. The number of likely N-dealkylation sites (tertiary alicyclic amines) is 1. The Morgan fingerprint density at radius 2 is 1.67 bits per heavy atom. The number of piperidine rings is 1. The average Bonchev–Trinajstić information content (AvgIpc) is 2.79. The standard InChI is InChI=1S/C17H22N2O4S/c1-12-9-13(2)11-18(10-12)17(21)14-3-5-15(6-4-14)19-16(20)7-8-24(19,22)23/h3-6,12-13H,7-11H2,1-2H3. The summed E-state index contributed by atoms with van der Waals surface area (Å²) >= 11 is 0. The second-order valence-corrected chi connectivity index (χ2v) is 8.86. The van der Waals surface area contributed by atoms with E-state index >= 15 is 0 Å². The first-order chi connectivity index (χ1) is 11.3. The fourth-order valence-corrected chi connectivity index (χ4v) is 5.08. The van der Waals surface area contributed by atoms with Crippen LogP contribution in [0.5, 0.6) is 0 Å². The largest absolute Gasteiger partial charge is 0.338 e. The normalized spacial score (nSPS) is 26.7. The van der Waals surface area contributed by atoms with Crippen molar-refractivity contribution in [2.24, 2.45) is 11.8 Å². The van der Waals surface area contributed by atoms with Crippen molar-refractivity contribution in [2.45, 2.75) is 26.7 Å². The third-order valence-electron chi connectivity index (χ3n) is 4.58. The molecule has 130 valence electrons. The molecule has 24 heavy (non-hydrogen) atoms. The SMILES string of the molecule is CC1CC(C)CN(C(=O)c2ccc(N3C(=O)CCS3(=O)=O)cc2)C1. The van der Waals surface area contributed by atoms with Crippen LogP contribution in [-0.4, -0.2) is 44.0 Å². The monoisotopic (exact) mass is 350 g/mol. The zero-order valence-electron chi connectivity index (χ0n) is 13.9. The highest BCUT2D eigenvalue weighted by Gasteiger charge is 2.36.